The number of hydrogen-bond donors (Lipinski definition) is 0. The second-order valence-electron chi connectivity index (χ2n) is 3.07. The Morgan fingerprint density at radius 3 is 3.00 bits per heavy atom. The third-order valence-corrected chi connectivity index (χ3v) is 2.71. The normalized spacial score (nSPS) is 28.4. The minimum absolute atomic E-state index is 0.455. The highest BCUT2D eigenvalue weighted by Crippen LogP contribution is 2.20. The van der Waals surface area contributed by atoms with E-state index in [2.05, 4.69) is 15.9 Å². The van der Waals surface area contributed by atoms with Crippen molar-refractivity contribution in [1.82, 2.24) is 0 Å². The van der Waals surface area contributed by atoms with Crippen LogP contribution in [0.5, 0.6) is 0 Å². The average molecular weight is 225 g/mol. The van der Waals surface area contributed by atoms with Gasteiger partial charge in [-0.1, -0.05) is 15.9 Å². The molecule has 0 aromatic carbocycles. The van der Waals surface area contributed by atoms with E-state index in [1.165, 1.54) is 0 Å². The van der Waals surface area contributed by atoms with E-state index in [9.17, 15) is 4.39 Å². The topological polar surface area (TPSA) is 9.23 Å². The molecule has 0 aromatic heterocycles. The summed E-state index contributed by atoms with van der Waals surface area (Å²) < 4.78 is 18.1. The number of hydrogen-bond acceptors (Lipinski definition) is 1. The molecule has 1 nitrogen and oxygen atoms in total. The van der Waals surface area contributed by atoms with Gasteiger partial charge in [0.05, 0.1) is 0 Å². The molecule has 0 aromatic rings. The first-order valence-corrected chi connectivity index (χ1v) is 5.23. The predicted octanol–water partition coefficient (Wildman–Crippen LogP) is 2.54. The summed E-state index contributed by atoms with van der Waals surface area (Å²) in [5, 5.41) is 0.462. The van der Waals surface area contributed by atoms with Crippen molar-refractivity contribution >= 4 is 15.9 Å². The molecular formula is C8H14BrFO. The Bertz CT molecular complexity index is 104. The van der Waals surface area contributed by atoms with Gasteiger partial charge in [-0.2, -0.15) is 0 Å². The summed E-state index contributed by atoms with van der Waals surface area (Å²) in [5.41, 5.74) is 0. The molecule has 66 valence electrons. The number of alkyl halides is 2. The van der Waals surface area contributed by atoms with Crippen LogP contribution in [-0.2, 0) is 4.74 Å². The summed E-state index contributed by atoms with van der Waals surface area (Å²) in [4.78, 5) is 0. The predicted molar refractivity (Wildman–Crippen MR) is 46.9 cm³/mol. The Kier molecular flexibility index (Phi) is 4.38. The minimum atomic E-state index is -0.693. The fourth-order valence-electron chi connectivity index (χ4n) is 1.42. The minimum Gasteiger partial charge on any atom is -0.381 e. The third kappa shape index (κ3) is 3.52. The van der Waals surface area contributed by atoms with E-state index in [0.29, 0.717) is 17.7 Å². The first-order chi connectivity index (χ1) is 5.33. The summed E-state index contributed by atoms with van der Waals surface area (Å²) in [6.07, 6.45) is 2.19. The average Bonchev–Trinajstić information content (AvgIpc) is 2.06. The highest BCUT2D eigenvalue weighted by atomic mass is 79.9. The highest BCUT2D eigenvalue weighted by molar-refractivity contribution is 9.09. The van der Waals surface area contributed by atoms with E-state index >= 15 is 0 Å². The molecule has 0 amide bonds. The molecule has 0 saturated carbocycles. The van der Waals surface area contributed by atoms with Crippen molar-refractivity contribution in [3.8, 4) is 0 Å². The largest absolute Gasteiger partial charge is 0.381 e. The number of rotatable bonds is 3. The van der Waals surface area contributed by atoms with Gasteiger partial charge in [0, 0.05) is 18.5 Å². The van der Waals surface area contributed by atoms with E-state index in [-0.39, 0.29) is 0 Å². The lowest BCUT2D eigenvalue weighted by atomic mass is 9.97. The Labute approximate surface area is 75.4 Å². The van der Waals surface area contributed by atoms with Crippen molar-refractivity contribution in [1.29, 1.82) is 0 Å². The lowest BCUT2D eigenvalue weighted by molar-refractivity contribution is 0.0435. The fourth-order valence-corrected chi connectivity index (χ4v) is 1.68. The molecule has 0 N–H and O–H groups in total. The molecule has 1 heterocycles. The van der Waals surface area contributed by atoms with Gasteiger partial charge in [0.2, 0.25) is 0 Å². The van der Waals surface area contributed by atoms with Crippen LogP contribution in [0.25, 0.3) is 0 Å². The summed E-state index contributed by atoms with van der Waals surface area (Å²) >= 11 is 3.13. The van der Waals surface area contributed by atoms with Gasteiger partial charge in [-0.25, -0.2) is 4.39 Å². The van der Waals surface area contributed by atoms with Crippen LogP contribution in [0.2, 0.25) is 0 Å². The van der Waals surface area contributed by atoms with Crippen LogP contribution in [0, 0.1) is 5.92 Å². The maximum absolute atomic E-state index is 12.8. The molecule has 0 radical (unpaired) electrons. The zero-order chi connectivity index (χ0) is 8.10. The zero-order valence-electron chi connectivity index (χ0n) is 6.56. The Balaban J connectivity index is 2.13. The number of halogens is 2. The molecule has 1 saturated heterocycles. The van der Waals surface area contributed by atoms with E-state index < -0.39 is 6.17 Å². The SMILES string of the molecule is FC(CBr)CC1CCCOC1. The highest BCUT2D eigenvalue weighted by Gasteiger charge is 2.17. The van der Waals surface area contributed by atoms with Crippen LogP contribution >= 0.6 is 15.9 Å². The van der Waals surface area contributed by atoms with Crippen molar-refractivity contribution < 1.29 is 9.13 Å². The molecule has 3 heteroatoms. The van der Waals surface area contributed by atoms with Gasteiger partial charge in [-0.05, 0) is 25.2 Å². The van der Waals surface area contributed by atoms with Gasteiger partial charge in [0.1, 0.15) is 6.17 Å². The lowest BCUT2D eigenvalue weighted by Crippen LogP contribution is -2.21. The van der Waals surface area contributed by atoms with Crippen LogP contribution in [0.15, 0.2) is 0 Å². The Morgan fingerprint density at radius 2 is 2.45 bits per heavy atom. The standard InChI is InChI=1S/C8H14BrFO/c9-5-8(10)4-7-2-1-3-11-6-7/h7-8H,1-6H2. The molecule has 0 aliphatic carbocycles. The summed E-state index contributed by atoms with van der Waals surface area (Å²) in [6, 6.07) is 0. The smallest absolute Gasteiger partial charge is 0.110 e. The first kappa shape index (κ1) is 9.46. The maximum atomic E-state index is 12.8. The quantitative estimate of drug-likeness (QED) is 0.670. The second kappa shape index (κ2) is 5.09. The van der Waals surface area contributed by atoms with E-state index in [4.69, 9.17) is 4.74 Å². The Morgan fingerprint density at radius 1 is 1.64 bits per heavy atom. The first-order valence-electron chi connectivity index (χ1n) is 4.10. The maximum Gasteiger partial charge on any atom is 0.110 e. The van der Waals surface area contributed by atoms with Gasteiger partial charge in [-0.3, -0.25) is 0 Å². The molecule has 0 spiro atoms. The molecular weight excluding hydrogens is 211 g/mol. The zero-order valence-corrected chi connectivity index (χ0v) is 8.15. The number of ether oxygens (including phenoxy) is 1. The van der Waals surface area contributed by atoms with Gasteiger partial charge < -0.3 is 4.74 Å². The fraction of sp³-hybridized carbons (Fsp3) is 1.00. The molecule has 2 unspecified atom stereocenters. The molecule has 1 aliphatic heterocycles. The summed E-state index contributed by atoms with van der Waals surface area (Å²) in [6.45, 7) is 1.62. The second-order valence-corrected chi connectivity index (χ2v) is 3.72. The summed E-state index contributed by atoms with van der Waals surface area (Å²) in [5.74, 6) is 0.455. The Hall–Kier alpha value is 0.370. The monoisotopic (exact) mass is 224 g/mol. The lowest BCUT2D eigenvalue weighted by Gasteiger charge is -2.22. The van der Waals surface area contributed by atoms with Crippen LogP contribution in [0.3, 0.4) is 0 Å². The van der Waals surface area contributed by atoms with Crippen molar-refractivity contribution in [3.05, 3.63) is 0 Å². The molecule has 0 bridgehead atoms. The van der Waals surface area contributed by atoms with Gasteiger partial charge >= 0.3 is 0 Å². The van der Waals surface area contributed by atoms with Gasteiger partial charge in [-0.15, -0.1) is 0 Å². The van der Waals surface area contributed by atoms with Crippen molar-refractivity contribution in [2.45, 2.75) is 25.4 Å². The summed E-state index contributed by atoms with van der Waals surface area (Å²) in [7, 11) is 0. The van der Waals surface area contributed by atoms with Gasteiger partial charge in [0.25, 0.3) is 0 Å². The van der Waals surface area contributed by atoms with Crippen molar-refractivity contribution in [3.63, 3.8) is 0 Å². The van der Waals surface area contributed by atoms with Gasteiger partial charge in [0.15, 0.2) is 0 Å². The van der Waals surface area contributed by atoms with Crippen LogP contribution in [0.1, 0.15) is 19.3 Å². The molecule has 1 rings (SSSR count). The van der Waals surface area contributed by atoms with E-state index in [1.807, 2.05) is 0 Å². The van der Waals surface area contributed by atoms with Crippen LogP contribution in [0.4, 0.5) is 4.39 Å². The molecule has 1 aliphatic rings. The van der Waals surface area contributed by atoms with Crippen molar-refractivity contribution in [2.75, 3.05) is 18.5 Å². The van der Waals surface area contributed by atoms with Crippen LogP contribution in [-0.4, -0.2) is 24.7 Å². The van der Waals surface area contributed by atoms with E-state index in [0.717, 1.165) is 26.1 Å². The molecule has 11 heavy (non-hydrogen) atoms. The third-order valence-electron chi connectivity index (χ3n) is 2.01. The van der Waals surface area contributed by atoms with Crippen molar-refractivity contribution in [2.24, 2.45) is 5.92 Å². The van der Waals surface area contributed by atoms with Crippen LogP contribution < -0.4 is 0 Å². The molecule has 2 atom stereocenters. The molecule has 1 fully saturated rings. The van der Waals surface area contributed by atoms with E-state index in [1.54, 1.807) is 0 Å².